The van der Waals surface area contributed by atoms with E-state index in [1.54, 1.807) is 24.3 Å². The number of benzene rings is 4. The first-order chi connectivity index (χ1) is 19.0. The molecule has 7 nitrogen and oxygen atoms in total. The molecule has 1 amide bonds. The second-order valence-corrected chi connectivity index (χ2v) is 9.82. The van der Waals surface area contributed by atoms with Crippen LogP contribution >= 0.6 is 11.3 Å². The number of nitrogen functional groups attached to an aromatic ring is 1. The number of nitrogens with two attached hydrogens (primary N) is 1. The summed E-state index contributed by atoms with van der Waals surface area (Å²) in [5.74, 6) is 1.34. The molecular weight excluding hydrogens is 510 g/mol. The highest BCUT2D eigenvalue weighted by Crippen LogP contribution is 2.35. The molecule has 1 aromatic heterocycles. The van der Waals surface area contributed by atoms with E-state index in [1.165, 1.54) is 11.3 Å². The van der Waals surface area contributed by atoms with E-state index in [9.17, 15) is 4.79 Å². The van der Waals surface area contributed by atoms with Gasteiger partial charge in [-0.25, -0.2) is 4.79 Å². The number of thiophene rings is 1. The molecule has 1 heterocycles. The quantitative estimate of drug-likeness (QED) is 0.130. The van der Waals surface area contributed by atoms with Crippen molar-refractivity contribution in [2.75, 3.05) is 11.9 Å². The fourth-order valence-corrected chi connectivity index (χ4v) is 4.91. The standard InChI is InChI=1S/C31H27N3O4S/c32-30(33)29-18-25-26(12-7-13-28(25)39-29)38-27(22-10-5-2-6-11-22)20-37-31(35)34-23-14-16-24(17-15-23)36-19-21-8-3-1-4-9-21/h1-18,27H,19-20H2,(H3,32,33)(H,34,35). The van der Waals surface area contributed by atoms with Crippen LogP contribution < -0.4 is 20.5 Å². The zero-order chi connectivity index (χ0) is 27.0. The average Bonchev–Trinajstić information content (AvgIpc) is 3.42. The van der Waals surface area contributed by atoms with Crippen LogP contribution in [-0.4, -0.2) is 18.5 Å². The largest absolute Gasteiger partial charge is 0.489 e. The zero-order valence-corrected chi connectivity index (χ0v) is 21.8. The van der Waals surface area contributed by atoms with Gasteiger partial charge in [-0.2, -0.15) is 0 Å². The maximum absolute atomic E-state index is 12.6. The number of anilines is 1. The summed E-state index contributed by atoms with van der Waals surface area (Å²) in [6.07, 6.45) is -1.14. The van der Waals surface area contributed by atoms with Crippen molar-refractivity contribution < 1.29 is 19.0 Å². The third kappa shape index (κ3) is 6.74. The Morgan fingerprint density at radius 2 is 1.62 bits per heavy atom. The van der Waals surface area contributed by atoms with Crippen LogP contribution in [0, 0.1) is 5.41 Å². The summed E-state index contributed by atoms with van der Waals surface area (Å²) < 4.78 is 18.7. The maximum Gasteiger partial charge on any atom is 0.411 e. The molecule has 5 aromatic rings. The van der Waals surface area contributed by atoms with Crippen LogP contribution in [0.1, 0.15) is 22.1 Å². The van der Waals surface area contributed by atoms with E-state index in [-0.39, 0.29) is 12.4 Å². The number of nitrogens with one attached hydrogen (secondary N) is 2. The molecule has 4 N–H and O–H groups in total. The van der Waals surface area contributed by atoms with Gasteiger partial charge >= 0.3 is 6.09 Å². The lowest BCUT2D eigenvalue weighted by atomic mass is 10.1. The highest BCUT2D eigenvalue weighted by molar-refractivity contribution is 7.20. The number of ether oxygens (including phenoxy) is 3. The van der Waals surface area contributed by atoms with Crippen molar-refractivity contribution >= 4 is 39.0 Å². The molecule has 5 rings (SSSR count). The van der Waals surface area contributed by atoms with Crippen molar-refractivity contribution in [3.63, 3.8) is 0 Å². The summed E-state index contributed by atoms with van der Waals surface area (Å²) in [6.45, 7) is 0.458. The minimum atomic E-state index is -0.593. The Kier molecular flexibility index (Phi) is 8.04. The summed E-state index contributed by atoms with van der Waals surface area (Å²) in [5.41, 5.74) is 8.22. The van der Waals surface area contributed by atoms with Crippen LogP contribution in [-0.2, 0) is 11.3 Å². The maximum atomic E-state index is 12.6. The smallest absolute Gasteiger partial charge is 0.411 e. The first kappa shape index (κ1) is 25.8. The van der Waals surface area contributed by atoms with Gasteiger partial charge < -0.3 is 19.9 Å². The van der Waals surface area contributed by atoms with Crippen molar-refractivity contribution in [2.24, 2.45) is 5.73 Å². The van der Waals surface area contributed by atoms with Gasteiger partial charge in [-0.3, -0.25) is 10.7 Å². The molecule has 0 saturated carbocycles. The van der Waals surface area contributed by atoms with Crippen LogP contribution in [0.25, 0.3) is 10.1 Å². The van der Waals surface area contributed by atoms with Gasteiger partial charge in [-0.1, -0.05) is 66.7 Å². The molecule has 4 aromatic carbocycles. The summed E-state index contributed by atoms with van der Waals surface area (Å²) >= 11 is 1.43. The fraction of sp³-hybridized carbons (Fsp3) is 0.0968. The normalized spacial score (nSPS) is 11.5. The van der Waals surface area contributed by atoms with E-state index in [4.69, 9.17) is 25.4 Å². The third-order valence-electron chi connectivity index (χ3n) is 5.94. The van der Waals surface area contributed by atoms with Gasteiger partial charge in [0.05, 0.1) is 4.88 Å². The third-order valence-corrected chi connectivity index (χ3v) is 7.08. The Labute approximate surface area is 230 Å². The van der Waals surface area contributed by atoms with Gasteiger partial charge in [-0.05, 0) is 53.6 Å². The second-order valence-electron chi connectivity index (χ2n) is 8.73. The molecule has 0 radical (unpaired) electrons. The molecule has 1 unspecified atom stereocenters. The van der Waals surface area contributed by atoms with Crippen molar-refractivity contribution in [3.8, 4) is 11.5 Å². The number of carbonyl (C=O) groups excluding carboxylic acids is 1. The topological polar surface area (TPSA) is 107 Å². The fourth-order valence-electron chi connectivity index (χ4n) is 3.97. The number of carbonyl (C=O) groups is 1. The molecule has 0 aliphatic heterocycles. The zero-order valence-electron chi connectivity index (χ0n) is 21.0. The molecule has 8 heteroatoms. The monoisotopic (exact) mass is 537 g/mol. The van der Waals surface area contributed by atoms with Crippen LogP contribution in [0.4, 0.5) is 10.5 Å². The molecule has 0 bridgehead atoms. The lowest BCUT2D eigenvalue weighted by molar-refractivity contribution is 0.0910. The van der Waals surface area contributed by atoms with E-state index >= 15 is 0 Å². The minimum absolute atomic E-state index is 0.00575. The Balaban J connectivity index is 1.22. The number of hydrogen-bond acceptors (Lipinski definition) is 6. The molecule has 0 fully saturated rings. The van der Waals surface area contributed by atoms with Crippen molar-refractivity contribution in [3.05, 3.63) is 125 Å². The van der Waals surface area contributed by atoms with E-state index in [2.05, 4.69) is 5.32 Å². The molecule has 0 spiro atoms. The predicted molar refractivity (Wildman–Crippen MR) is 155 cm³/mol. The second kappa shape index (κ2) is 12.1. The van der Waals surface area contributed by atoms with Crippen LogP contribution in [0.3, 0.4) is 0 Å². The molecular formula is C31H27N3O4S. The molecule has 196 valence electrons. The lowest BCUT2D eigenvalue weighted by Gasteiger charge is -2.20. The van der Waals surface area contributed by atoms with Crippen LogP contribution in [0.15, 0.2) is 109 Å². The van der Waals surface area contributed by atoms with Gasteiger partial charge in [0, 0.05) is 15.8 Å². The number of amides is 1. The number of rotatable bonds is 10. The summed E-state index contributed by atoms with van der Waals surface area (Å²) in [5, 5.41) is 11.4. The molecule has 1 atom stereocenters. The van der Waals surface area contributed by atoms with E-state index in [1.807, 2.05) is 84.9 Å². The highest BCUT2D eigenvalue weighted by atomic mass is 32.1. The Morgan fingerprint density at radius 1 is 0.897 bits per heavy atom. The molecule has 0 saturated heterocycles. The van der Waals surface area contributed by atoms with E-state index < -0.39 is 12.2 Å². The average molecular weight is 538 g/mol. The number of fused-ring (bicyclic) bond motifs is 1. The SMILES string of the molecule is N=C(N)c1cc2c(OC(COC(=O)Nc3ccc(OCc4ccccc4)cc3)c3ccccc3)cccc2s1. The van der Waals surface area contributed by atoms with Gasteiger partial charge in [-0.15, -0.1) is 11.3 Å². The summed E-state index contributed by atoms with van der Waals surface area (Å²) in [6, 6.07) is 34.2. The summed E-state index contributed by atoms with van der Waals surface area (Å²) in [4.78, 5) is 13.3. The predicted octanol–water partition coefficient (Wildman–Crippen LogP) is 7.13. The first-order valence-electron chi connectivity index (χ1n) is 12.3. The Bertz CT molecular complexity index is 1550. The lowest BCUT2D eigenvalue weighted by Crippen LogP contribution is -2.21. The highest BCUT2D eigenvalue weighted by Gasteiger charge is 2.19. The Morgan fingerprint density at radius 3 is 2.33 bits per heavy atom. The van der Waals surface area contributed by atoms with Crippen molar-refractivity contribution in [1.82, 2.24) is 0 Å². The number of hydrogen-bond donors (Lipinski definition) is 3. The Hall–Kier alpha value is -4.82. The van der Waals surface area contributed by atoms with Crippen LogP contribution in [0.2, 0.25) is 0 Å². The molecule has 39 heavy (non-hydrogen) atoms. The van der Waals surface area contributed by atoms with Crippen molar-refractivity contribution in [1.29, 1.82) is 5.41 Å². The number of amidine groups is 1. The van der Waals surface area contributed by atoms with Gasteiger partial charge in [0.2, 0.25) is 0 Å². The van der Waals surface area contributed by atoms with Crippen molar-refractivity contribution in [2.45, 2.75) is 12.7 Å². The van der Waals surface area contributed by atoms with Gasteiger partial charge in [0.15, 0.2) is 6.10 Å². The van der Waals surface area contributed by atoms with E-state index in [0.29, 0.717) is 28.7 Å². The van der Waals surface area contributed by atoms with Gasteiger partial charge in [0.25, 0.3) is 0 Å². The first-order valence-corrected chi connectivity index (χ1v) is 13.2. The van der Waals surface area contributed by atoms with E-state index in [0.717, 1.165) is 21.2 Å². The van der Waals surface area contributed by atoms with Gasteiger partial charge in [0.1, 0.15) is 30.5 Å². The van der Waals surface area contributed by atoms with Crippen LogP contribution in [0.5, 0.6) is 11.5 Å². The minimum Gasteiger partial charge on any atom is -0.489 e. The summed E-state index contributed by atoms with van der Waals surface area (Å²) in [7, 11) is 0. The molecule has 0 aliphatic rings. The molecule has 0 aliphatic carbocycles.